The third-order valence-electron chi connectivity index (χ3n) is 14.3. The van der Waals surface area contributed by atoms with Gasteiger partial charge in [-0.3, -0.25) is 0 Å². The van der Waals surface area contributed by atoms with Gasteiger partial charge in [0.15, 0.2) is 17.5 Å². The molecule has 0 unspecified atom stereocenters. The molecule has 0 radical (unpaired) electrons. The van der Waals surface area contributed by atoms with Gasteiger partial charge in [0.05, 0.1) is 33.4 Å². The number of fused-ring (bicyclic) bond motifs is 13. The van der Waals surface area contributed by atoms with Crippen LogP contribution >= 0.6 is 0 Å². The molecule has 0 fully saturated rings. The Hall–Kier alpha value is -8.67. The molecule has 3 aromatic heterocycles. The molecule has 5 heteroatoms. The molecule has 14 rings (SSSR count). The third kappa shape index (κ3) is 5.40. The van der Waals surface area contributed by atoms with Crippen LogP contribution in [0, 0.1) is 0 Å². The minimum atomic E-state index is -0.272. The van der Waals surface area contributed by atoms with Crippen LogP contribution in [0.15, 0.2) is 212 Å². The van der Waals surface area contributed by atoms with Gasteiger partial charge in [-0.15, -0.1) is 0 Å². The Morgan fingerprint density at radius 1 is 0.343 bits per heavy atom. The maximum atomic E-state index is 5.22. The summed E-state index contributed by atoms with van der Waals surface area (Å²) in [5.41, 5.74) is 14.9. The van der Waals surface area contributed by atoms with Crippen molar-refractivity contribution in [2.24, 2.45) is 0 Å². The number of benzene rings is 10. The Morgan fingerprint density at radius 2 is 0.851 bits per heavy atom. The van der Waals surface area contributed by atoms with Gasteiger partial charge in [0.2, 0.25) is 0 Å². The van der Waals surface area contributed by atoms with Crippen LogP contribution in [0.4, 0.5) is 0 Å². The second-order valence-electron chi connectivity index (χ2n) is 18.3. The van der Waals surface area contributed by atoms with Gasteiger partial charge in [0, 0.05) is 54.4 Å². The first kappa shape index (κ1) is 37.7. The highest BCUT2D eigenvalue weighted by molar-refractivity contribution is 6.26. The van der Waals surface area contributed by atoms with Crippen LogP contribution in [0.5, 0.6) is 0 Å². The lowest BCUT2D eigenvalue weighted by molar-refractivity contribution is 0.664. The second-order valence-corrected chi connectivity index (χ2v) is 18.3. The summed E-state index contributed by atoms with van der Waals surface area (Å²) in [6.07, 6.45) is 0. The topological polar surface area (TPSA) is 48.5 Å². The highest BCUT2D eigenvalue weighted by Gasteiger charge is 2.39. The van der Waals surface area contributed by atoms with E-state index in [4.69, 9.17) is 15.0 Å². The van der Waals surface area contributed by atoms with Gasteiger partial charge < -0.3 is 9.13 Å². The normalized spacial score (nSPS) is 13.0. The van der Waals surface area contributed by atoms with Crippen molar-refractivity contribution in [2.75, 3.05) is 0 Å². The van der Waals surface area contributed by atoms with E-state index in [1.54, 1.807) is 0 Å². The molecular formula is C62H41N5. The standard InChI is InChI=1S/C62H41N5/c1-62(2)50-30-16-13-24-41(50)47-33-34-49-56-46-29-12-11-28-45(46)54(66-51-31-17-14-26-43(51)44-27-15-18-32-52(44)66)37-55(56)67(58(49)57(47)62)53-36-35-48(40-23-9-10-25-42(40)53)61-64-59(38-19-5-3-6-20-38)63-60(65-61)39-21-7-4-8-22-39/h3-37H,1-2H3. The van der Waals surface area contributed by atoms with Gasteiger partial charge in [-0.2, -0.15) is 0 Å². The van der Waals surface area contributed by atoms with Crippen LogP contribution < -0.4 is 0 Å². The van der Waals surface area contributed by atoms with Crippen molar-refractivity contribution in [3.05, 3.63) is 223 Å². The molecule has 0 amide bonds. The van der Waals surface area contributed by atoms with E-state index < -0.39 is 0 Å². The summed E-state index contributed by atoms with van der Waals surface area (Å²) in [4.78, 5) is 15.5. The van der Waals surface area contributed by atoms with Gasteiger partial charge >= 0.3 is 0 Å². The number of nitrogens with zero attached hydrogens (tertiary/aromatic N) is 5. The Bertz CT molecular complexity index is 4070. The Labute approximate surface area is 386 Å². The summed E-state index contributed by atoms with van der Waals surface area (Å²) >= 11 is 0. The molecule has 1 aliphatic rings. The molecular weight excluding hydrogens is 815 g/mol. The number of hydrogen-bond acceptors (Lipinski definition) is 3. The molecule has 5 nitrogen and oxygen atoms in total. The van der Waals surface area contributed by atoms with Crippen molar-refractivity contribution < 1.29 is 0 Å². The van der Waals surface area contributed by atoms with Crippen LogP contribution in [-0.4, -0.2) is 24.1 Å². The fraction of sp³-hybridized carbons (Fsp3) is 0.0484. The minimum Gasteiger partial charge on any atom is -0.309 e. The highest BCUT2D eigenvalue weighted by atomic mass is 15.0. The first-order valence-electron chi connectivity index (χ1n) is 23.0. The van der Waals surface area contributed by atoms with E-state index in [1.165, 1.54) is 71.1 Å². The molecule has 3 heterocycles. The van der Waals surface area contributed by atoms with E-state index in [2.05, 4.69) is 199 Å². The number of hydrogen-bond donors (Lipinski definition) is 0. The lowest BCUT2D eigenvalue weighted by Crippen LogP contribution is -2.16. The molecule has 67 heavy (non-hydrogen) atoms. The van der Waals surface area contributed by atoms with Crippen molar-refractivity contribution in [2.45, 2.75) is 19.3 Å². The monoisotopic (exact) mass is 855 g/mol. The molecule has 0 bridgehead atoms. The van der Waals surface area contributed by atoms with Gasteiger partial charge in [0.25, 0.3) is 0 Å². The largest absolute Gasteiger partial charge is 0.309 e. The SMILES string of the molecule is CC1(C)c2ccccc2-c2ccc3c4c5ccccc5c(-n5c6ccccc6c6ccccc65)cc4n(-c4ccc(-c5nc(-c6ccccc6)nc(-c6ccccc6)n5)c5ccccc45)c3c21. The second kappa shape index (κ2) is 14.2. The molecule has 13 aromatic rings. The Kier molecular flexibility index (Phi) is 7.97. The average Bonchev–Trinajstić information content (AvgIpc) is 3.99. The number of rotatable bonds is 5. The lowest BCUT2D eigenvalue weighted by atomic mass is 9.81. The molecule has 1 aliphatic carbocycles. The quantitative estimate of drug-likeness (QED) is 0.173. The van der Waals surface area contributed by atoms with E-state index in [0.717, 1.165) is 44.4 Å². The molecule has 0 aliphatic heterocycles. The average molecular weight is 856 g/mol. The van der Waals surface area contributed by atoms with Crippen LogP contribution in [0.25, 0.3) is 122 Å². The Morgan fingerprint density at radius 3 is 1.51 bits per heavy atom. The van der Waals surface area contributed by atoms with Crippen LogP contribution in [0.1, 0.15) is 25.0 Å². The zero-order valence-electron chi connectivity index (χ0n) is 36.9. The summed E-state index contributed by atoms with van der Waals surface area (Å²) in [7, 11) is 0. The van der Waals surface area contributed by atoms with Crippen molar-refractivity contribution in [3.63, 3.8) is 0 Å². The molecule has 0 saturated heterocycles. The van der Waals surface area contributed by atoms with E-state index in [-0.39, 0.29) is 5.41 Å². The van der Waals surface area contributed by atoms with Gasteiger partial charge in [-0.25, -0.2) is 15.0 Å². The molecule has 0 atom stereocenters. The van der Waals surface area contributed by atoms with Crippen LogP contribution in [0.3, 0.4) is 0 Å². The fourth-order valence-corrected chi connectivity index (χ4v) is 11.4. The molecule has 0 saturated carbocycles. The summed E-state index contributed by atoms with van der Waals surface area (Å²) in [6, 6.07) is 76.5. The summed E-state index contributed by atoms with van der Waals surface area (Å²) in [5.74, 6) is 1.92. The zero-order chi connectivity index (χ0) is 44.4. The van der Waals surface area contributed by atoms with E-state index in [1.807, 2.05) is 36.4 Å². The van der Waals surface area contributed by atoms with E-state index in [9.17, 15) is 0 Å². The maximum absolute atomic E-state index is 5.22. The van der Waals surface area contributed by atoms with Gasteiger partial charge in [-0.05, 0) is 63.4 Å². The molecule has 0 spiro atoms. The van der Waals surface area contributed by atoms with E-state index >= 15 is 0 Å². The lowest BCUT2D eigenvalue weighted by Gasteiger charge is -2.24. The fourth-order valence-electron chi connectivity index (χ4n) is 11.4. The van der Waals surface area contributed by atoms with Gasteiger partial charge in [0.1, 0.15) is 0 Å². The van der Waals surface area contributed by atoms with E-state index in [0.29, 0.717) is 17.5 Å². The van der Waals surface area contributed by atoms with Crippen LogP contribution in [0.2, 0.25) is 0 Å². The maximum Gasteiger partial charge on any atom is 0.164 e. The molecule has 10 aromatic carbocycles. The van der Waals surface area contributed by atoms with Crippen molar-refractivity contribution in [1.82, 2.24) is 24.1 Å². The smallest absolute Gasteiger partial charge is 0.164 e. The highest BCUT2D eigenvalue weighted by Crippen LogP contribution is 2.54. The minimum absolute atomic E-state index is 0.272. The van der Waals surface area contributed by atoms with Crippen LogP contribution in [-0.2, 0) is 5.41 Å². The van der Waals surface area contributed by atoms with Crippen molar-refractivity contribution in [1.29, 1.82) is 0 Å². The molecule has 314 valence electrons. The van der Waals surface area contributed by atoms with Crippen molar-refractivity contribution >= 4 is 65.2 Å². The number of aromatic nitrogens is 5. The summed E-state index contributed by atoms with van der Waals surface area (Å²) in [6.45, 7) is 4.80. The Balaban J connectivity index is 1.12. The predicted octanol–water partition coefficient (Wildman–Crippen LogP) is 15.7. The molecule has 0 N–H and O–H groups in total. The van der Waals surface area contributed by atoms with Gasteiger partial charge in [-0.1, -0.05) is 196 Å². The first-order chi connectivity index (χ1) is 33.0. The first-order valence-corrected chi connectivity index (χ1v) is 23.0. The summed E-state index contributed by atoms with van der Waals surface area (Å²) < 4.78 is 5.07. The zero-order valence-corrected chi connectivity index (χ0v) is 36.9. The third-order valence-corrected chi connectivity index (χ3v) is 14.3. The number of para-hydroxylation sites is 2. The summed E-state index contributed by atoms with van der Waals surface area (Å²) in [5, 5.41) is 9.58. The van der Waals surface area contributed by atoms with Crippen molar-refractivity contribution in [3.8, 4) is 56.7 Å². The predicted molar refractivity (Wildman–Crippen MR) is 277 cm³/mol.